The molecule has 1 heterocycles. The van der Waals surface area contributed by atoms with E-state index in [0.717, 1.165) is 22.4 Å². The summed E-state index contributed by atoms with van der Waals surface area (Å²) in [5, 5.41) is 10.4. The molecule has 2 aromatic carbocycles. The third-order valence-corrected chi connectivity index (χ3v) is 3.49. The normalized spacial score (nSPS) is 10.4. The first-order valence-corrected chi connectivity index (χ1v) is 7.47. The van der Waals surface area contributed by atoms with Crippen molar-refractivity contribution in [2.45, 2.75) is 13.3 Å². The van der Waals surface area contributed by atoms with Gasteiger partial charge in [-0.1, -0.05) is 34.9 Å². The maximum atomic E-state index is 12.1. The fourth-order valence-electron chi connectivity index (χ4n) is 2.18. The average Bonchev–Trinajstić information content (AvgIpc) is 3.04. The van der Waals surface area contributed by atoms with Gasteiger partial charge in [-0.25, -0.2) is 0 Å². The number of aromatic nitrogens is 2. The van der Waals surface area contributed by atoms with Crippen LogP contribution in [0, 0.1) is 6.92 Å². The molecular formula is C18H17N3O3. The van der Waals surface area contributed by atoms with Crippen LogP contribution in [-0.2, 0) is 11.2 Å². The van der Waals surface area contributed by atoms with Crippen molar-refractivity contribution in [3.05, 3.63) is 59.7 Å². The molecule has 3 rings (SSSR count). The summed E-state index contributed by atoms with van der Waals surface area (Å²) in [5.74, 6) is 0.896. The van der Waals surface area contributed by atoms with Crippen molar-refractivity contribution in [1.82, 2.24) is 10.2 Å². The van der Waals surface area contributed by atoms with E-state index >= 15 is 0 Å². The van der Waals surface area contributed by atoms with Crippen molar-refractivity contribution in [3.8, 4) is 17.2 Å². The van der Waals surface area contributed by atoms with E-state index < -0.39 is 0 Å². The lowest BCUT2D eigenvalue weighted by Gasteiger charge is -2.03. The second-order valence-electron chi connectivity index (χ2n) is 5.35. The molecule has 6 heteroatoms. The Hall–Kier alpha value is -3.15. The number of benzene rings is 2. The molecule has 0 fully saturated rings. The van der Waals surface area contributed by atoms with Gasteiger partial charge in [0.15, 0.2) is 0 Å². The number of nitrogens with zero attached hydrogens (tertiary/aromatic N) is 2. The summed E-state index contributed by atoms with van der Waals surface area (Å²) in [5.41, 5.74) is 2.82. The molecule has 0 radical (unpaired) electrons. The van der Waals surface area contributed by atoms with Gasteiger partial charge in [0.25, 0.3) is 0 Å². The SMILES string of the molecule is COc1ccc(CC(=O)Nc2nnc(-c3ccc(C)cc3)o2)cc1. The van der Waals surface area contributed by atoms with E-state index in [1.165, 1.54) is 0 Å². The third-order valence-electron chi connectivity index (χ3n) is 3.49. The predicted molar refractivity (Wildman–Crippen MR) is 89.8 cm³/mol. The lowest BCUT2D eigenvalue weighted by Crippen LogP contribution is -2.14. The van der Waals surface area contributed by atoms with Gasteiger partial charge in [0.2, 0.25) is 11.8 Å². The topological polar surface area (TPSA) is 77.2 Å². The van der Waals surface area contributed by atoms with Gasteiger partial charge in [-0.05, 0) is 36.8 Å². The maximum absolute atomic E-state index is 12.1. The minimum absolute atomic E-state index is 0.0871. The van der Waals surface area contributed by atoms with Gasteiger partial charge in [-0.2, -0.15) is 0 Å². The van der Waals surface area contributed by atoms with Crippen LogP contribution in [0.2, 0.25) is 0 Å². The van der Waals surface area contributed by atoms with Crippen molar-refractivity contribution in [2.75, 3.05) is 12.4 Å². The van der Waals surface area contributed by atoms with Crippen LogP contribution in [-0.4, -0.2) is 23.2 Å². The van der Waals surface area contributed by atoms with Crippen LogP contribution in [0.3, 0.4) is 0 Å². The molecular weight excluding hydrogens is 306 g/mol. The van der Waals surface area contributed by atoms with Crippen molar-refractivity contribution in [2.24, 2.45) is 0 Å². The average molecular weight is 323 g/mol. The van der Waals surface area contributed by atoms with Crippen molar-refractivity contribution in [3.63, 3.8) is 0 Å². The lowest BCUT2D eigenvalue weighted by molar-refractivity contribution is -0.115. The summed E-state index contributed by atoms with van der Waals surface area (Å²) in [6.45, 7) is 2.00. The second-order valence-corrected chi connectivity index (χ2v) is 5.35. The Morgan fingerprint density at radius 1 is 1.08 bits per heavy atom. The highest BCUT2D eigenvalue weighted by Crippen LogP contribution is 2.20. The van der Waals surface area contributed by atoms with Gasteiger partial charge in [0.1, 0.15) is 5.75 Å². The van der Waals surface area contributed by atoms with E-state index in [-0.39, 0.29) is 18.3 Å². The molecule has 1 amide bonds. The maximum Gasteiger partial charge on any atom is 0.322 e. The molecule has 0 saturated heterocycles. The monoisotopic (exact) mass is 323 g/mol. The molecule has 0 aliphatic rings. The Labute approximate surface area is 139 Å². The number of aryl methyl sites for hydroxylation is 1. The van der Waals surface area contributed by atoms with Gasteiger partial charge in [-0.3, -0.25) is 10.1 Å². The van der Waals surface area contributed by atoms with Gasteiger partial charge in [0, 0.05) is 5.56 Å². The highest BCUT2D eigenvalue weighted by atomic mass is 16.5. The Balaban J connectivity index is 1.63. The number of ether oxygens (including phenoxy) is 1. The second kappa shape index (κ2) is 6.95. The number of amides is 1. The fourth-order valence-corrected chi connectivity index (χ4v) is 2.18. The van der Waals surface area contributed by atoms with E-state index in [1.807, 2.05) is 55.5 Å². The van der Waals surface area contributed by atoms with E-state index in [4.69, 9.17) is 9.15 Å². The van der Waals surface area contributed by atoms with Crippen LogP contribution in [0.5, 0.6) is 5.75 Å². The molecule has 0 atom stereocenters. The Bertz CT molecular complexity index is 823. The van der Waals surface area contributed by atoms with E-state index in [9.17, 15) is 4.79 Å². The molecule has 0 aliphatic carbocycles. The summed E-state index contributed by atoms with van der Waals surface area (Å²) >= 11 is 0. The highest BCUT2D eigenvalue weighted by molar-refractivity contribution is 5.90. The standard InChI is InChI=1S/C18H17N3O3/c1-12-3-7-14(8-4-12)17-20-21-18(24-17)19-16(22)11-13-5-9-15(23-2)10-6-13/h3-10H,11H2,1-2H3,(H,19,21,22). The zero-order valence-corrected chi connectivity index (χ0v) is 13.4. The Kier molecular flexibility index (Phi) is 4.56. The van der Waals surface area contributed by atoms with E-state index in [2.05, 4.69) is 15.5 Å². The van der Waals surface area contributed by atoms with Gasteiger partial charge in [0.05, 0.1) is 13.5 Å². The van der Waals surface area contributed by atoms with Gasteiger partial charge >= 0.3 is 6.01 Å². The third kappa shape index (κ3) is 3.78. The van der Waals surface area contributed by atoms with Crippen LogP contribution in [0.1, 0.15) is 11.1 Å². The van der Waals surface area contributed by atoms with Crippen LogP contribution in [0.15, 0.2) is 52.9 Å². The summed E-state index contributed by atoms with van der Waals surface area (Å²) in [4.78, 5) is 12.1. The van der Waals surface area contributed by atoms with E-state index in [0.29, 0.717) is 5.89 Å². The number of methoxy groups -OCH3 is 1. The molecule has 1 N–H and O–H groups in total. The number of hydrogen-bond donors (Lipinski definition) is 1. The zero-order valence-electron chi connectivity index (χ0n) is 13.4. The predicted octanol–water partition coefficient (Wildman–Crippen LogP) is 3.23. The summed E-state index contributed by atoms with van der Waals surface area (Å²) in [7, 11) is 1.60. The highest BCUT2D eigenvalue weighted by Gasteiger charge is 2.11. The first kappa shape index (κ1) is 15.7. The number of anilines is 1. The quantitative estimate of drug-likeness (QED) is 0.780. The van der Waals surface area contributed by atoms with Crippen molar-refractivity contribution in [1.29, 1.82) is 0 Å². The smallest absolute Gasteiger partial charge is 0.322 e. The fraction of sp³-hybridized carbons (Fsp3) is 0.167. The molecule has 1 aromatic heterocycles. The van der Waals surface area contributed by atoms with Crippen molar-refractivity contribution >= 4 is 11.9 Å². The molecule has 122 valence electrons. The molecule has 24 heavy (non-hydrogen) atoms. The first-order chi connectivity index (χ1) is 11.6. The van der Waals surface area contributed by atoms with Crippen LogP contribution < -0.4 is 10.1 Å². The van der Waals surface area contributed by atoms with Crippen LogP contribution in [0.25, 0.3) is 11.5 Å². The molecule has 3 aromatic rings. The molecule has 0 saturated carbocycles. The van der Waals surface area contributed by atoms with Crippen LogP contribution >= 0.6 is 0 Å². The molecule has 6 nitrogen and oxygen atoms in total. The summed E-state index contributed by atoms with van der Waals surface area (Å²) in [6.07, 6.45) is 0.215. The van der Waals surface area contributed by atoms with Crippen LogP contribution in [0.4, 0.5) is 6.01 Å². The number of hydrogen-bond acceptors (Lipinski definition) is 5. The molecule has 0 bridgehead atoms. The largest absolute Gasteiger partial charge is 0.497 e. The Morgan fingerprint density at radius 3 is 2.46 bits per heavy atom. The number of nitrogens with one attached hydrogen (secondary N) is 1. The first-order valence-electron chi connectivity index (χ1n) is 7.47. The summed E-state index contributed by atoms with van der Waals surface area (Å²) < 4.78 is 10.6. The Morgan fingerprint density at radius 2 is 1.79 bits per heavy atom. The van der Waals surface area contributed by atoms with Crippen molar-refractivity contribution < 1.29 is 13.9 Å². The zero-order chi connectivity index (χ0) is 16.9. The molecule has 0 unspecified atom stereocenters. The molecule has 0 spiro atoms. The minimum atomic E-state index is -0.223. The number of carbonyl (C=O) groups excluding carboxylic acids is 1. The van der Waals surface area contributed by atoms with Gasteiger partial charge < -0.3 is 9.15 Å². The lowest BCUT2D eigenvalue weighted by atomic mass is 10.1. The number of carbonyl (C=O) groups is 1. The minimum Gasteiger partial charge on any atom is -0.497 e. The molecule has 0 aliphatic heterocycles. The summed E-state index contributed by atoms with van der Waals surface area (Å²) in [6, 6.07) is 15.1. The van der Waals surface area contributed by atoms with Gasteiger partial charge in [-0.15, -0.1) is 5.10 Å². The number of rotatable bonds is 5. The van der Waals surface area contributed by atoms with E-state index in [1.54, 1.807) is 7.11 Å².